The van der Waals surface area contributed by atoms with E-state index < -0.39 is 0 Å². The van der Waals surface area contributed by atoms with Crippen LogP contribution in [0.2, 0.25) is 5.02 Å². The minimum absolute atomic E-state index is 0.473. The molecule has 0 saturated carbocycles. The van der Waals surface area contributed by atoms with Gasteiger partial charge in [-0.15, -0.1) is 0 Å². The summed E-state index contributed by atoms with van der Waals surface area (Å²) in [5.74, 6) is 0.843. The summed E-state index contributed by atoms with van der Waals surface area (Å²) < 4.78 is 5.81. The number of halogens is 1. The Kier molecular flexibility index (Phi) is 5.97. The highest BCUT2D eigenvalue weighted by molar-refractivity contribution is 6.31. The summed E-state index contributed by atoms with van der Waals surface area (Å²) in [6.07, 6.45) is 1.07. The van der Waals surface area contributed by atoms with Crippen LogP contribution in [0.4, 0.5) is 5.69 Å². The van der Waals surface area contributed by atoms with Crippen molar-refractivity contribution in [2.24, 2.45) is 0 Å². The second-order valence-corrected chi connectivity index (χ2v) is 6.34. The maximum atomic E-state index is 6.15. The molecule has 0 atom stereocenters. The second kappa shape index (κ2) is 8.59. The second-order valence-electron chi connectivity index (χ2n) is 5.93. The highest BCUT2D eigenvalue weighted by Gasteiger charge is 2.01. The predicted molar refractivity (Wildman–Crippen MR) is 105 cm³/mol. The van der Waals surface area contributed by atoms with Gasteiger partial charge in [-0.2, -0.15) is 0 Å². The van der Waals surface area contributed by atoms with Gasteiger partial charge in [-0.05, 0) is 47.9 Å². The Morgan fingerprint density at radius 2 is 1.52 bits per heavy atom. The van der Waals surface area contributed by atoms with Crippen LogP contribution in [-0.2, 0) is 19.6 Å². The van der Waals surface area contributed by atoms with Crippen molar-refractivity contribution >= 4 is 17.3 Å². The van der Waals surface area contributed by atoms with Crippen molar-refractivity contribution in [2.45, 2.75) is 26.5 Å². The van der Waals surface area contributed by atoms with Crippen molar-refractivity contribution in [2.75, 3.05) is 5.32 Å². The fraction of sp³-hybridized carbons (Fsp3) is 0.182. The third-order valence-corrected chi connectivity index (χ3v) is 4.50. The molecule has 0 bridgehead atoms. The van der Waals surface area contributed by atoms with Gasteiger partial charge >= 0.3 is 0 Å². The lowest BCUT2D eigenvalue weighted by atomic mass is 10.1. The van der Waals surface area contributed by atoms with Crippen molar-refractivity contribution < 1.29 is 4.74 Å². The molecule has 0 aliphatic carbocycles. The lowest BCUT2D eigenvalue weighted by molar-refractivity contribution is 0.306. The number of hydrogen-bond acceptors (Lipinski definition) is 2. The van der Waals surface area contributed by atoms with Gasteiger partial charge in [0.2, 0.25) is 0 Å². The molecular weight excluding hydrogens is 330 g/mol. The van der Waals surface area contributed by atoms with Gasteiger partial charge in [-0.3, -0.25) is 0 Å². The molecular formula is C22H22ClNO. The van der Waals surface area contributed by atoms with Crippen LogP contribution >= 0.6 is 11.6 Å². The topological polar surface area (TPSA) is 21.3 Å². The van der Waals surface area contributed by atoms with Crippen LogP contribution in [0.5, 0.6) is 5.75 Å². The summed E-state index contributed by atoms with van der Waals surface area (Å²) in [5, 5.41) is 4.17. The van der Waals surface area contributed by atoms with E-state index in [9.17, 15) is 0 Å². The molecule has 0 spiro atoms. The smallest absolute Gasteiger partial charge is 0.119 e. The maximum Gasteiger partial charge on any atom is 0.119 e. The fourth-order valence-corrected chi connectivity index (χ4v) is 2.73. The highest BCUT2D eigenvalue weighted by atomic mass is 35.5. The zero-order valence-electron chi connectivity index (χ0n) is 14.3. The molecule has 0 heterocycles. The van der Waals surface area contributed by atoms with E-state index in [-0.39, 0.29) is 0 Å². The zero-order valence-corrected chi connectivity index (χ0v) is 15.1. The minimum atomic E-state index is 0.473. The summed E-state index contributed by atoms with van der Waals surface area (Å²) >= 11 is 6.15. The summed E-state index contributed by atoms with van der Waals surface area (Å²) in [7, 11) is 0. The molecule has 0 amide bonds. The van der Waals surface area contributed by atoms with E-state index in [1.165, 1.54) is 11.1 Å². The van der Waals surface area contributed by atoms with E-state index in [1.807, 2.05) is 36.4 Å². The van der Waals surface area contributed by atoms with Gasteiger partial charge in [0.1, 0.15) is 12.4 Å². The largest absolute Gasteiger partial charge is 0.489 e. The van der Waals surface area contributed by atoms with Crippen molar-refractivity contribution in [1.29, 1.82) is 0 Å². The fourth-order valence-electron chi connectivity index (χ4n) is 2.54. The Morgan fingerprint density at radius 3 is 2.20 bits per heavy atom. The Bertz CT molecular complexity index is 797. The molecule has 0 unspecified atom stereocenters. The summed E-state index contributed by atoms with van der Waals surface area (Å²) in [5.41, 5.74) is 4.69. The summed E-state index contributed by atoms with van der Waals surface area (Å²) in [4.78, 5) is 0. The number of rotatable bonds is 7. The molecule has 128 valence electrons. The van der Waals surface area contributed by atoms with E-state index >= 15 is 0 Å². The van der Waals surface area contributed by atoms with E-state index in [0.717, 1.165) is 35.0 Å². The van der Waals surface area contributed by atoms with Crippen LogP contribution in [0.25, 0.3) is 0 Å². The molecule has 2 nitrogen and oxygen atoms in total. The molecule has 1 N–H and O–H groups in total. The molecule has 3 aromatic carbocycles. The van der Waals surface area contributed by atoms with Gasteiger partial charge in [0, 0.05) is 22.8 Å². The lowest BCUT2D eigenvalue weighted by Crippen LogP contribution is -2.00. The molecule has 0 aliphatic heterocycles. The number of benzene rings is 3. The van der Waals surface area contributed by atoms with E-state index in [2.05, 4.69) is 48.6 Å². The number of ether oxygens (including phenoxy) is 1. The maximum absolute atomic E-state index is 6.15. The Balaban J connectivity index is 1.52. The molecule has 0 aliphatic rings. The van der Waals surface area contributed by atoms with Crippen LogP contribution < -0.4 is 10.1 Å². The first kappa shape index (κ1) is 17.4. The third kappa shape index (κ3) is 5.01. The Hall–Kier alpha value is -2.45. The van der Waals surface area contributed by atoms with Gasteiger partial charge in [-0.25, -0.2) is 0 Å². The Morgan fingerprint density at radius 1 is 0.840 bits per heavy atom. The summed E-state index contributed by atoms with van der Waals surface area (Å²) in [6.45, 7) is 3.43. The van der Waals surface area contributed by atoms with Gasteiger partial charge in [0.25, 0.3) is 0 Å². The average Bonchev–Trinajstić information content (AvgIpc) is 2.67. The summed E-state index contributed by atoms with van der Waals surface area (Å²) in [6, 6.07) is 24.5. The van der Waals surface area contributed by atoms with Gasteiger partial charge in [0.05, 0.1) is 0 Å². The quantitative estimate of drug-likeness (QED) is 0.555. The van der Waals surface area contributed by atoms with Crippen LogP contribution in [-0.4, -0.2) is 0 Å². The van der Waals surface area contributed by atoms with E-state index in [4.69, 9.17) is 16.3 Å². The molecule has 3 heteroatoms. The van der Waals surface area contributed by atoms with Crippen LogP contribution in [0, 0.1) is 0 Å². The van der Waals surface area contributed by atoms with E-state index in [1.54, 1.807) is 0 Å². The van der Waals surface area contributed by atoms with Crippen LogP contribution in [0.1, 0.15) is 23.6 Å². The number of nitrogens with one attached hydrogen (secondary N) is 1. The van der Waals surface area contributed by atoms with Gasteiger partial charge in [-0.1, -0.05) is 61.0 Å². The first-order valence-electron chi connectivity index (χ1n) is 8.52. The molecule has 3 rings (SSSR count). The Labute approximate surface area is 154 Å². The number of hydrogen-bond donors (Lipinski definition) is 1. The third-order valence-electron chi connectivity index (χ3n) is 4.13. The molecule has 0 saturated heterocycles. The first-order valence-corrected chi connectivity index (χ1v) is 8.90. The van der Waals surface area contributed by atoms with Crippen LogP contribution in [0.3, 0.4) is 0 Å². The monoisotopic (exact) mass is 351 g/mol. The SMILES string of the molecule is CCc1ccc(NCc2ccc(OCc3ccccc3Cl)cc2)cc1. The van der Waals surface area contributed by atoms with Crippen molar-refractivity contribution in [1.82, 2.24) is 0 Å². The average molecular weight is 352 g/mol. The highest BCUT2D eigenvalue weighted by Crippen LogP contribution is 2.19. The van der Waals surface area contributed by atoms with Crippen molar-refractivity contribution in [3.05, 3.63) is 94.5 Å². The zero-order chi connectivity index (χ0) is 17.5. The first-order chi connectivity index (χ1) is 12.2. The molecule has 3 aromatic rings. The lowest BCUT2D eigenvalue weighted by Gasteiger charge is -2.10. The van der Waals surface area contributed by atoms with Crippen LogP contribution in [0.15, 0.2) is 72.8 Å². The van der Waals surface area contributed by atoms with Crippen molar-refractivity contribution in [3.63, 3.8) is 0 Å². The van der Waals surface area contributed by atoms with E-state index in [0.29, 0.717) is 6.61 Å². The predicted octanol–water partition coefficient (Wildman–Crippen LogP) is 6.09. The van der Waals surface area contributed by atoms with Crippen molar-refractivity contribution in [3.8, 4) is 5.75 Å². The minimum Gasteiger partial charge on any atom is -0.489 e. The van der Waals surface area contributed by atoms with Gasteiger partial charge in [0.15, 0.2) is 0 Å². The number of aryl methyl sites for hydroxylation is 1. The number of anilines is 1. The normalized spacial score (nSPS) is 10.5. The molecule has 0 fully saturated rings. The molecule has 25 heavy (non-hydrogen) atoms. The molecule has 0 aromatic heterocycles. The standard InChI is InChI=1S/C22H22ClNO/c1-2-17-7-11-20(12-8-17)24-15-18-9-13-21(14-10-18)25-16-19-5-3-4-6-22(19)23/h3-14,24H,2,15-16H2,1H3. The van der Waals surface area contributed by atoms with Gasteiger partial charge < -0.3 is 10.1 Å². The molecule has 0 radical (unpaired) electrons.